The molecule has 3 aromatic rings. The third-order valence-corrected chi connectivity index (χ3v) is 7.15. The molecule has 37 heavy (non-hydrogen) atoms. The van der Waals surface area contributed by atoms with E-state index in [0.717, 1.165) is 27.0 Å². The average molecular weight is 585 g/mol. The van der Waals surface area contributed by atoms with Gasteiger partial charge in [-0.3, -0.25) is 9.69 Å². The predicted octanol–water partition coefficient (Wildman–Crippen LogP) is 7.20. The second kappa shape index (κ2) is 12.3. The monoisotopic (exact) mass is 584 g/mol. The molecule has 6 nitrogen and oxygen atoms in total. The summed E-state index contributed by atoms with van der Waals surface area (Å²) in [6, 6.07) is 17.2. The van der Waals surface area contributed by atoms with Crippen molar-refractivity contribution in [2.75, 3.05) is 20.3 Å². The lowest BCUT2D eigenvalue weighted by molar-refractivity contribution is -0.122. The Bertz CT molecular complexity index is 1330. The molecule has 1 saturated heterocycles. The highest BCUT2D eigenvalue weighted by molar-refractivity contribution is 9.10. The number of ether oxygens (including phenoxy) is 3. The van der Waals surface area contributed by atoms with Crippen LogP contribution >= 0.6 is 27.7 Å². The van der Waals surface area contributed by atoms with Gasteiger partial charge in [-0.15, -0.1) is 0 Å². The molecule has 0 atom stereocenters. The van der Waals surface area contributed by atoms with Gasteiger partial charge in [0, 0.05) is 11.0 Å². The predicted molar refractivity (Wildman–Crippen MR) is 149 cm³/mol. The number of amidine groups is 1. The van der Waals surface area contributed by atoms with Crippen molar-refractivity contribution < 1.29 is 23.4 Å². The largest absolute Gasteiger partial charge is 0.497 e. The van der Waals surface area contributed by atoms with Crippen LogP contribution in [0, 0.1) is 5.82 Å². The van der Waals surface area contributed by atoms with Gasteiger partial charge in [0.2, 0.25) is 0 Å². The summed E-state index contributed by atoms with van der Waals surface area (Å²) >= 11 is 4.93. The Morgan fingerprint density at radius 2 is 1.73 bits per heavy atom. The molecule has 0 radical (unpaired) electrons. The van der Waals surface area contributed by atoms with E-state index in [2.05, 4.69) is 20.9 Å². The van der Waals surface area contributed by atoms with Gasteiger partial charge in [0.15, 0.2) is 16.7 Å². The minimum Gasteiger partial charge on any atom is -0.497 e. The van der Waals surface area contributed by atoms with Crippen molar-refractivity contribution in [1.82, 2.24) is 4.90 Å². The molecule has 0 spiro atoms. The van der Waals surface area contributed by atoms with Crippen molar-refractivity contribution in [3.05, 3.63) is 87.0 Å². The normalized spacial score (nSPS) is 15.5. The molecule has 1 aliphatic heterocycles. The molecular weight excluding hydrogens is 559 g/mol. The zero-order valence-corrected chi connectivity index (χ0v) is 23.1. The van der Waals surface area contributed by atoms with Crippen molar-refractivity contribution in [1.29, 1.82) is 0 Å². The van der Waals surface area contributed by atoms with Crippen molar-refractivity contribution in [3.8, 4) is 17.2 Å². The molecule has 0 N–H and O–H groups in total. The molecule has 1 fully saturated rings. The van der Waals surface area contributed by atoms with E-state index in [9.17, 15) is 9.18 Å². The number of amides is 1. The van der Waals surface area contributed by atoms with E-state index >= 15 is 0 Å². The highest BCUT2D eigenvalue weighted by Gasteiger charge is 2.32. The van der Waals surface area contributed by atoms with Gasteiger partial charge in [-0.2, -0.15) is 0 Å². The fourth-order valence-corrected chi connectivity index (χ4v) is 5.05. The van der Waals surface area contributed by atoms with Gasteiger partial charge >= 0.3 is 0 Å². The number of hydrogen-bond donors (Lipinski definition) is 0. The maximum absolute atomic E-state index is 13.2. The molecule has 1 amide bonds. The van der Waals surface area contributed by atoms with Crippen LogP contribution in [-0.2, 0) is 11.4 Å². The smallest absolute Gasteiger partial charge is 0.266 e. The standard InChI is InChI=1S/C28H26BrFN2O4S/c1-4-32-27(33)26(37-28(32)31-21-10-12-22(34-3)13-11-21)15-19-14-24(35-5-2)25(16-23(19)29)36-17-18-6-8-20(30)9-7-18/h6-16H,4-5,17H2,1-3H3/b26-15+,31-28?. The van der Waals surface area contributed by atoms with Gasteiger partial charge < -0.3 is 14.2 Å². The average Bonchev–Trinajstić information content (AvgIpc) is 3.19. The summed E-state index contributed by atoms with van der Waals surface area (Å²) in [6.07, 6.45) is 1.82. The number of carbonyl (C=O) groups is 1. The third kappa shape index (κ3) is 6.53. The van der Waals surface area contributed by atoms with E-state index in [0.29, 0.717) is 34.7 Å². The molecule has 9 heteroatoms. The Morgan fingerprint density at radius 3 is 2.38 bits per heavy atom. The van der Waals surface area contributed by atoms with Crippen LogP contribution in [0.25, 0.3) is 6.08 Å². The number of hydrogen-bond acceptors (Lipinski definition) is 6. The van der Waals surface area contributed by atoms with Crippen molar-refractivity contribution in [3.63, 3.8) is 0 Å². The first-order valence-corrected chi connectivity index (χ1v) is 13.3. The molecule has 4 rings (SSSR count). The van der Waals surface area contributed by atoms with E-state index in [1.54, 1.807) is 24.1 Å². The Hall–Kier alpha value is -3.30. The van der Waals surface area contributed by atoms with Crippen molar-refractivity contribution >= 4 is 50.5 Å². The minimum absolute atomic E-state index is 0.110. The third-order valence-electron chi connectivity index (χ3n) is 5.46. The van der Waals surface area contributed by atoms with E-state index in [-0.39, 0.29) is 18.3 Å². The molecular formula is C28H26BrFN2O4S. The van der Waals surface area contributed by atoms with Gasteiger partial charge in [0.1, 0.15) is 18.2 Å². The van der Waals surface area contributed by atoms with E-state index in [4.69, 9.17) is 14.2 Å². The van der Waals surface area contributed by atoms with Crippen LogP contribution in [0.3, 0.4) is 0 Å². The van der Waals surface area contributed by atoms with Crippen LogP contribution < -0.4 is 14.2 Å². The Labute approximate surface area is 228 Å². The lowest BCUT2D eigenvalue weighted by atomic mass is 10.1. The topological polar surface area (TPSA) is 60.4 Å². The molecule has 3 aromatic carbocycles. The van der Waals surface area contributed by atoms with Crippen LogP contribution in [-0.4, -0.2) is 36.2 Å². The highest BCUT2D eigenvalue weighted by atomic mass is 79.9. The maximum atomic E-state index is 13.2. The molecule has 192 valence electrons. The molecule has 1 heterocycles. The fraction of sp³-hybridized carbons (Fsp3) is 0.214. The summed E-state index contributed by atoms with van der Waals surface area (Å²) in [5.74, 6) is 1.43. The minimum atomic E-state index is -0.294. The highest BCUT2D eigenvalue weighted by Crippen LogP contribution is 2.39. The van der Waals surface area contributed by atoms with E-state index in [1.165, 1.54) is 23.9 Å². The number of halogens is 2. The number of benzene rings is 3. The van der Waals surface area contributed by atoms with Gasteiger partial charge in [0.25, 0.3) is 5.91 Å². The summed E-state index contributed by atoms with van der Waals surface area (Å²) < 4.78 is 30.9. The number of nitrogens with zero attached hydrogens (tertiary/aromatic N) is 2. The van der Waals surface area contributed by atoms with E-state index in [1.807, 2.05) is 56.3 Å². The zero-order valence-electron chi connectivity index (χ0n) is 20.7. The van der Waals surface area contributed by atoms with Crippen molar-refractivity contribution in [2.45, 2.75) is 20.5 Å². The molecule has 0 bridgehead atoms. The quantitative estimate of drug-likeness (QED) is 0.249. The number of methoxy groups -OCH3 is 1. The van der Waals surface area contributed by atoms with Gasteiger partial charge in [-0.25, -0.2) is 9.38 Å². The van der Waals surface area contributed by atoms with Gasteiger partial charge in [0.05, 0.1) is 24.3 Å². The Balaban J connectivity index is 1.59. The maximum Gasteiger partial charge on any atom is 0.266 e. The van der Waals surface area contributed by atoms with Crippen LogP contribution in [0.4, 0.5) is 10.1 Å². The summed E-state index contributed by atoms with van der Waals surface area (Å²) in [4.78, 5) is 20.0. The number of likely N-dealkylation sites (N-methyl/N-ethyl adjacent to an activating group) is 1. The second-order valence-corrected chi connectivity index (χ2v) is 9.78. The second-order valence-electron chi connectivity index (χ2n) is 7.92. The SMILES string of the molecule is CCOc1cc(/C=C2/SC(=Nc3ccc(OC)cc3)N(CC)C2=O)c(Br)cc1OCc1ccc(F)cc1. The molecule has 0 aliphatic carbocycles. The van der Waals surface area contributed by atoms with Gasteiger partial charge in [-0.05, 0) is 91.3 Å². The molecule has 0 aromatic heterocycles. The van der Waals surface area contributed by atoms with Crippen LogP contribution in [0.1, 0.15) is 25.0 Å². The zero-order chi connectivity index (χ0) is 26.4. The van der Waals surface area contributed by atoms with Crippen LogP contribution in [0.5, 0.6) is 17.2 Å². The van der Waals surface area contributed by atoms with Crippen LogP contribution in [0.15, 0.2) is 75.0 Å². The van der Waals surface area contributed by atoms with Crippen LogP contribution in [0.2, 0.25) is 0 Å². The fourth-order valence-electron chi connectivity index (χ4n) is 3.56. The first-order valence-electron chi connectivity index (χ1n) is 11.7. The number of rotatable bonds is 9. The molecule has 1 aliphatic rings. The van der Waals surface area contributed by atoms with E-state index < -0.39 is 0 Å². The number of aliphatic imine (C=N–C) groups is 1. The summed E-state index contributed by atoms with van der Waals surface area (Å²) in [7, 11) is 1.61. The summed E-state index contributed by atoms with van der Waals surface area (Å²) in [5, 5.41) is 0.615. The summed E-state index contributed by atoms with van der Waals surface area (Å²) in [6.45, 7) is 5.01. The van der Waals surface area contributed by atoms with Crippen molar-refractivity contribution in [2.24, 2.45) is 4.99 Å². The lowest BCUT2D eigenvalue weighted by Crippen LogP contribution is -2.28. The number of carbonyl (C=O) groups excluding carboxylic acids is 1. The summed E-state index contributed by atoms with van der Waals surface area (Å²) in [5.41, 5.74) is 2.34. The molecule has 0 unspecified atom stereocenters. The molecule has 0 saturated carbocycles. The Morgan fingerprint density at radius 1 is 1.03 bits per heavy atom. The Kier molecular flexibility index (Phi) is 8.89. The van der Waals surface area contributed by atoms with Gasteiger partial charge in [-0.1, -0.05) is 28.1 Å². The lowest BCUT2D eigenvalue weighted by Gasteiger charge is -2.14. The first kappa shape index (κ1) is 26.8. The number of thioether (sulfide) groups is 1. The first-order chi connectivity index (χ1) is 17.9.